The van der Waals surface area contributed by atoms with Crippen molar-refractivity contribution in [2.24, 2.45) is 0 Å². The van der Waals surface area contributed by atoms with Crippen molar-refractivity contribution in [3.63, 3.8) is 0 Å². The summed E-state index contributed by atoms with van der Waals surface area (Å²) in [5, 5.41) is 0.910. The van der Waals surface area contributed by atoms with E-state index in [0.717, 1.165) is 16.1 Å². The minimum atomic E-state index is 0.910. The minimum absolute atomic E-state index is 0.910. The number of halogens is 1. The van der Waals surface area contributed by atoms with Gasteiger partial charge in [0, 0.05) is 5.03 Å². The van der Waals surface area contributed by atoms with Crippen LogP contribution in [0.3, 0.4) is 0 Å². The molecule has 0 aliphatic rings. The first kappa shape index (κ1) is 12.0. The van der Waals surface area contributed by atoms with Crippen LogP contribution in [0, 0.1) is 0 Å². The van der Waals surface area contributed by atoms with Crippen LogP contribution in [0.4, 0.5) is 0 Å². The molecule has 0 N–H and O–H groups in total. The molecule has 72 valence electrons. The predicted octanol–water partition coefficient (Wildman–Crippen LogP) is 3.01. The van der Waals surface area contributed by atoms with Gasteiger partial charge in [-0.25, -0.2) is 0 Å². The van der Waals surface area contributed by atoms with E-state index in [1.807, 2.05) is 6.92 Å². The summed E-state index contributed by atoms with van der Waals surface area (Å²) in [6.45, 7) is 13.3. The summed E-state index contributed by atoms with van der Waals surface area (Å²) in [5.41, 5.74) is 0. The van der Waals surface area contributed by atoms with Crippen molar-refractivity contribution in [2.75, 3.05) is 26.2 Å². The number of allylic oxidation sites excluding steroid dienone is 1. The van der Waals surface area contributed by atoms with E-state index in [4.69, 9.17) is 11.6 Å². The Morgan fingerprint density at radius 3 is 1.83 bits per heavy atom. The van der Waals surface area contributed by atoms with E-state index >= 15 is 0 Å². The number of rotatable bonds is 5. The summed E-state index contributed by atoms with van der Waals surface area (Å²) < 4.78 is 1.14. The van der Waals surface area contributed by atoms with Crippen LogP contribution in [0.5, 0.6) is 0 Å². The molecule has 0 aliphatic carbocycles. The molecule has 0 unspecified atom stereocenters. The zero-order valence-corrected chi connectivity index (χ0v) is 9.49. The summed E-state index contributed by atoms with van der Waals surface area (Å²) in [6.07, 6.45) is 2.12. The second-order valence-electron chi connectivity index (χ2n) is 3.26. The molecule has 0 rings (SSSR count). The summed E-state index contributed by atoms with van der Waals surface area (Å²) in [7, 11) is 0. The Bertz CT molecular complexity index is 136. The predicted molar refractivity (Wildman–Crippen MR) is 56.4 cm³/mol. The molecule has 0 saturated carbocycles. The molecule has 0 bridgehead atoms. The van der Waals surface area contributed by atoms with Crippen molar-refractivity contribution in [1.29, 1.82) is 0 Å². The van der Waals surface area contributed by atoms with Crippen molar-refractivity contribution in [1.82, 2.24) is 0 Å². The fourth-order valence-corrected chi connectivity index (χ4v) is 1.45. The van der Waals surface area contributed by atoms with Crippen LogP contribution < -0.4 is 0 Å². The van der Waals surface area contributed by atoms with Gasteiger partial charge in [0.15, 0.2) is 0 Å². The van der Waals surface area contributed by atoms with Crippen molar-refractivity contribution in [3.8, 4) is 0 Å². The molecule has 0 saturated heterocycles. The van der Waals surface area contributed by atoms with Crippen LogP contribution in [-0.4, -0.2) is 30.7 Å². The number of nitrogens with zero attached hydrogens (tertiary/aromatic N) is 1. The van der Waals surface area contributed by atoms with E-state index in [1.54, 1.807) is 0 Å². The molecule has 1 nitrogen and oxygen atoms in total. The maximum Gasteiger partial charge on any atom is 0.0987 e. The molecular weight excluding hydrogens is 170 g/mol. The highest BCUT2D eigenvalue weighted by Crippen LogP contribution is 2.08. The fourth-order valence-electron chi connectivity index (χ4n) is 1.38. The second kappa shape index (κ2) is 5.60. The van der Waals surface area contributed by atoms with Crippen LogP contribution in [0.2, 0.25) is 0 Å². The summed E-state index contributed by atoms with van der Waals surface area (Å²) in [6, 6.07) is 0. The second-order valence-corrected chi connectivity index (χ2v) is 3.86. The standard InChI is InChI=1S/C10H21ClN/c1-5-12(6-2,7-3)9-8-10(4)11/h8H,5-7,9H2,1-4H3/q+1. The molecular formula is C10H21ClN+. The Balaban J connectivity index is 4.20. The maximum absolute atomic E-state index is 5.81. The molecule has 0 radical (unpaired) electrons. The Morgan fingerprint density at radius 1 is 1.17 bits per heavy atom. The van der Waals surface area contributed by atoms with Gasteiger partial charge in [-0.3, -0.25) is 0 Å². The van der Waals surface area contributed by atoms with Gasteiger partial charge in [0.1, 0.15) is 0 Å². The lowest BCUT2D eigenvalue weighted by Gasteiger charge is -2.34. The van der Waals surface area contributed by atoms with Gasteiger partial charge < -0.3 is 4.48 Å². The lowest BCUT2D eigenvalue weighted by atomic mass is 10.3. The quantitative estimate of drug-likeness (QED) is 0.585. The van der Waals surface area contributed by atoms with E-state index in [9.17, 15) is 0 Å². The molecule has 0 aromatic rings. The van der Waals surface area contributed by atoms with Gasteiger partial charge in [-0.05, 0) is 33.8 Å². The highest BCUT2D eigenvalue weighted by molar-refractivity contribution is 6.29. The SMILES string of the molecule is CC[N+](CC)(CC)CC=C(C)Cl. The van der Waals surface area contributed by atoms with Gasteiger partial charge in [-0.15, -0.1) is 0 Å². The van der Waals surface area contributed by atoms with E-state index in [1.165, 1.54) is 19.6 Å². The average molecular weight is 191 g/mol. The van der Waals surface area contributed by atoms with E-state index in [2.05, 4.69) is 26.8 Å². The van der Waals surface area contributed by atoms with Crippen molar-refractivity contribution in [2.45, 2.75) is 27.7 Å². The number of hydrogen-bond acceptors (Lipinski definition) is 0. The monoisotopic (exact) mass is 190 g/mol. The Morgan fingerprint density at radius 2 is 1.58 bits per heavy atom. The fraction of sp³-hybridized carbons (Fsp3) is 0.800. The molecule has 0 heterocycles. The highest BCUT2D eigenvalue weighted by atomic mass is 35.5. The van der Waals surface area contributed by atoms with Crippen LogP contribution in [0.25, 0.3) is 0 Å². The van der Waals surface area contributed by atoms with Gasteiger partial charge in [0.2, 0.25) is 0 Å². The molecule has 2 heteroatoms. The average Bonchev–Trinajstić information content (AvgIpc) is 2.08. The highest BCUT2D eigenvalue weighted by Gasteiger charge is 2.18. The van der Waals surface area contributed by atoms with E-state index < -0.39 is 0 Å². The van der Waals surface area contributed by atoms with Crippen LogP contribution >= 0.6 is 11.6 Å². The largest absolute Gasteiger partial charge is 0.321 e. The van der Waals surface area contributed by atoms with Gasteiger partial charge in [-0.1, -0.05) is 11.6 Å². The van der Waals surface area contributed by atoms with E-state index in [-0.39, 0.29) is 0 Å². The normalized spacial score (nSPS) is 13.6. The van der Waals surface area contributed by atoms with Crippen LogP contribution in [-0.2, 0) is 0 Å². The maximum atomic E-state index is 5.81. The first-order chi connectivity index (χ1) is 5.60. The van der Waals surface area contributed by atoms with Crippen LogP contribution in [0.15, 0.2) is 11.1 Å². The molecule has 0 aliphatic heterocycles. The van der Waals surface area contributed by atoms with Crippen molar-refractivity contribution in [3.05, 3.63) is 11.1 Å². The lowest BCUT2D eigenvalue weighted by molar-refractivity contribution is -0.917. The Hall–Kier alpha value is -0.0100. The molecule has 0 fully saturated rings. The van der Waals surface area contributed by atoms with E-state index in [0.29, 0.717) is 0 Å². The zero-order chi connectivity index (χ0) is 9.61. The third-order valence-electron chi connectivity index (χ3n) is 2.77. The number of hydrogen-bond donors (Lipinski definition) is 0. The summed E-state index contributed by atoms with van der Waals surface area (Å²) >= 11 is 5.81. The van der Waals surface area contributed by atoms with Gasteiger partial charge in [-0.2, -0.15) is 0 Å². The molecule has 0 amide bonds. The molecule has 0 aromatic heterocycles. The van der Waals surface area contributed by atoms with Gasteiger partial charge in [0.25, 0.3) is 0 Å². The van der Waals surface area contributed by atoms with Gasteiger partial charge in [0.05, 0.1) is 26.2 Å². The summed E-state index contributed by atoms with van der Waals surface area (Å²) in [4.78, 5) is 0. The number of likely N-dealkylation sites (N-methyl/N-ethyl adjacent to an activating group) is 1. The Kier molecular flexibility index (Phi) is 5.60. The number of quaternary nitrogens is 1. The molecule has 12 heavy (non-hydrogen) atoms. The third kappa shape index (κ3) is 3.59. The molecule has 0 spiro atoms. The van der Waals surface area contributed by atoms with Gasteiger partial charge >= 0.3 is 0 Å². The minimum Gasteiger partial charge on any atom is -0.321 e. The topological polar surface area (TPSA) is 0 Å². The first-order valence-electron chi connectivity index (χ1n) is 4.77. The summed E-state index contributed by atoms with van der Waals surface area (Å²) in [5.74, 6) is 0. The van der Waals surface area contributed by atoms with Crippen molar-refractivity contribution < 1.29 is 4.48 Å². The van der Waals surface area contributed by atoms with Crippen LogP contribution in [0.1, 0.15) is 27.7 Å². The smallest absolute Gasteiger partial charge is 0.0987 e. The third-order valence-corrected chi connectivity index (χ3v) is 2.93. The zero-order valence-electron chi connectivity index (χ0n) is 8.73. The molecule has 0 atom stereocenters. The molecule has 0 aromatic carbocycles. The Labute approximate surface area is 81.6 Å². The van der Waals surface area contributed by atoms with Crippen molar-refractivity contribution >= 4 is 11.6 Å². The lowest BCUT2D eigenvalue weighted by Crippen LogP contribution is -2.47. The first-order valence-corrected chi connectivity index (χ1v) is 5.15.